The molecule has 0 unspecified atom stereocenters. The summed E-state index contributed by atoms with van der Waals surface area (Å²) in [6.07, 6.45) is 14.8. The average molecular weight is 182 g/mol. The predicted molar refractivity (Wildman–Crippen MR) is 57.8 cm³/mol. The average Bonchev–Trinajstić information content (AvgIpc) is 2.16. The molecule has 0 aromatic heterocycles. The van der Waals surface area contributed by atoms with Gasteiger partial charge in [-0.3, -0.25) is 4.79 Å². The summed E-state index contributed by atoms with van der Waals surface area (Å²) in [7, 11) is 0. The van der Waals surface area contributed by atoms with Crippen molar-refractivity contribution in [3.8, 4) is 0 Å². The number of aldehydes is 1. The van der Waals surface area contributed by atoms with Crippen LogP contribution in [0.4, 0.5) is 0 Å². The quantitative estimate of drug-likeness (QED) is 0.300. The first-order valence-electron chi connectivity index (χ1n) is 5.52. The summed E-state index contributed by atoms with van der Waals surface area (Å²) in [5.74, 6) is 0. The molecule has 0 aromatic rings. The van der Waals surface area contributed by atoms with Crippen molar-refractivity contribution in [3.05, 3.63) is 12.2 Å². The molecule has 0 atom stereocenters. The highest BCUT2D eigenvalue weighted by atomic mass is 16.1. The van der Waals surface area contributed by atoms with Crippen molar-refractivity contribution in [1.82, 2.24) is 0 Å². The number of hydrogen-bond donors (Lipinski definition) is 0. The SMILES string of the molecule is CCCCCCCCC/C=C\C=O. The Kier molecular flexibility index (Phi) is 10.9. The summed E-state index contributed by atoms with van der Waals surface area (Å²) in [5.41, 5.74) is 0. The van der Waals surface area contributed by atoms with Crippen molar-refractivity contribution in [2.75, 3.05) is 0 Å². The maximum atomic E-state index is 9.93. The van der Waals surface area contributed by atoms with Crippen molar-refractivity contribution in [2.45, 2.75) is 58.3 Å². The third-order valence-corrected chi connectivity index (χ3v) is 2.19. The van der Waals surface area contributed by atoms with E-state index in [4.69, 9.17) is 0 Å². The monoisotopic (exact) mass is 182 g/mol. The van der Waals surface area contributed by atoms with E-state index >= 15 is 0 Å². The molecule has 0 aliphatic heterocycles. The maximum Gasteiger partial charge on any atom is 0.142 e. The molecular weight excluding hydrogens is 160 g/mol. The van der Waals surface area contributed by atoms with Gasteiger partial charge in [0.1, 0.15) is 6.29 Å². The van der Waals surface area contributed by atoms with E-state index in [1.807, 2.05) is 6.08 Å². The second kappa shape index (κ2) is 11.4. The van der Waals surface area contributed by atoms with Crippen LogP contribution in [0.1, 0.15) is 58.3 Å². The van der Waals surface area contributed by atoms with Gasteiger partial charge in [-0.05, 0) is 18.9 Å². The smallest absolute Gasteiger partial charge is 0.142 e. The van der Waals surface area contributed by atoms with Gasteiger partial charge in [0.2, 0.25) is 0 Å². The number of carbonyl (C=O) groups excluding carboxylic acids is 1. The molecule has 0 radical (unpaired) electrons. The number of unbranched alkanes of at least 4 members (excludes halogenated alkanes) is 7. The Hall–Kier alpha value is -0.590. The molecular formula is C12H22O. The van der Waals surface area contributed by atoms with Crippen molar-refractivity contribution >= 4 is 6.29 Å². The van der Waals surface area contributed by atoms with E-state index in [0.717, 1.165) is 12.7 Å². The molecule has 0 heterocycles. The Labute approximate surface area is 82.2 Å². The maximum absolute atomic E-state index is 9.93. The molecule has 0 saturated carbocycles. The lowest BCUT2D eigenvalue weighted by atomic mass is 10.1. The number of hydrogen-bond acceptors (Lipinski definition) is 1. The van der Waals surface area contributed by atoms with Gasteiger partial charge in [0.05, 0.1) is 0 Å². The van der Waals surface area contributed by atoms with Gasteiger partial charge in [-0.2, -0.15) is 0 Å². The van der Waals surface area contributed by atoms with Gasteiger partial charge in [0, 0.05) is 0 Å². The topological polar surface area (TPSA) is 17.1 Å². The van der Waals surface area contributed by atoms with Gasteiger partial charge in [-0.15, -0.1) is 0 Å². The van der Waals surface area contributed by atoms with Crippen LogP contribution in [-0.4, -0.2) is 6.29 Å². The second-order valence-corrected chi connectivity index (χ2v) is 3.47. The fourth-order valence-corrected chi connectivity index (χ4v) is 1.37. The summed E-state index contributed by atoms with van der Waals surface area (Å²) in [4.78, 5) is 9.93. The molecule has 0 spiro atoms. The van der Waals surface area contributed by atoms with Gasteiger partial charge in [0.15, 0.2) is 0 Å². The van der Waals surface area contributed by atoms with E-state index in [9.17, 15) is 4.79 Å². The summed E-state index contributed by atoms with van der Waals surface area (Å²) in [6.45, 7) is 2.24. The highest BCUT2D eigenvalue weighted by molar-refractivity contribution is 5.64. The number of rotatable bonds is 9. The fourth-order valence-electron chi connectivity index (χ4n) is 1.37. The minimum atomic E-state index is 0.848. The van der Waals surface area contributed by atoms with Crippen LogP contribution >= 0.6 is 0 Å². The minimum Gasteiger partial charge on any atom is -0.299 e. The summed E-state index contributed by atoms with van der Waals surface area (Å²) in [5, 5.41) is 0. The van der Waals surface area contributed by atoms with Gasteiger partial charge < -0.3 is 0 Å². The minimum absolute atomic E-state index is 0.848. The lowest BCUT2D eigenvalue weighted by Crippen LogP contribution is -1.78. The lowest BCUT2D eigenvalue weighted by Gasteiger charge is -1.98. The molecule has 1 heteroatoms. The van der Waals surface area contributed by atoms with E-state index in [2.05, 4.69) is 6.92 Å². The Morgan fingerprint density at radius 1 is 0.923 bits per heavy atom. The standard InChI is InChI=1S/C12H22O/c1-2-3-4-5-6-7-8-9-10-11-12-13/h10-12H,2-9H2,1H3/b11-10-. The highest BCUT2D eigenvalue weighted by Gasteiger charge is 1.88. The largest absolute Gasteiger partial charge is 0.299 e. The summed E-state index contributed by atoms with van der Waals surface area (Å²) < 4.78 is 0. The number of carbonyl (C=O) groups is 1. The Balaban J connectivity index is 2.91. The van der Waals surface area contributed by atoms with Crippen LogP contribution in [0.25, 0.3) is 0 Å². The molecule has 0 aliphatic rings. The Morgan fingerprint density at radius 3 is 2.15 bits per heavy atom. The predicted octanol–water partition coefficient (Wildman–Crippen LogP) is 3.88. The molecule has 0 bridgehead atoms. The summed E-state index contributed by atoms with van der Waals surface area (Å²) in [6, 6.07) is 0. The van der Waals surface area contributed by atoms with Gasteiger partial charge >= 0.3 is 0 Å². The van der Waals surface area contributed by atoms with E-state index in [1.54, 1.807) is 6.08 Å². The van der Waals surface area contributed by atoms with E-state index in [0.29, 0.717) is 0 Å². The fraction of sp³-hybridized carbons (Fsp3) is 0.750. The molecule has 13 heavy (non-hydrogen) atoms. The Morgan fingerprint density at radius 2 is 1.54 bits per heavy atom. The van der Waals surface area contributed by atoms with Gasteiger partial charge in [0.25, 0.3) is 0 Å². The van der Waals surface area contributed by atoms with E-state index < -0.39 is 0 Å². The molecule has 0 rings (SSSR count). The molecule has 0 saturated heterocycles. The molecule has 1 nitrogen and oxygen atoms in total. The van der Waals surface area contributed by atoms with Crippen LogP contribution in [0.5, 0.6) is 0 Å². The highest BCUT2D eigenvalue weighted by Crippen LogP contribution is 2.08. The lowest BCUT2D eigenvalue weighted by molar-refractivity contribution is -0.104. The van der Waals surface area contributed by atoms with Crippen molar-refractivity contribution in [2.24, 2.45) is 0 Å². The van der Waals surface area contributed by atoms with Crippen molar-refractivity contribution in [1.29, 1.82) is 0 Å². The molecule has 0 N–H and O–H groups in total. The summed E-state index contributed by atoms with van der Waals surface area (Å²) >= 11 is 0. The molecule has 0 aliphatic carbocycles. The molecule has 0 fully saturated rings. The normalized spacial score (nSPS) is 10.8. The van der Waals surface area contributed by atoms with Crippen molar-refractivity contribution in [3.63, 3.8) is 0 Å². The first kappa shape index (κ1) is 12.4. The molecule has 76 valence electrons. The second-order valence-electron chi connectivity index (χ2n) is 3.47. The van der Waals surface area contributed by atoms with E-state index in [1.165, 1.54) is 44.9 Å². The van der Waals surface area contributed by atoms with Crippen LogP contribution in [0.15, 0.2) is 12.2 Å². The first-order valence-corrected chi connectivity index (χ1v) is 5.52. The molecule has 0 amide bonds. The van der Waals surface area contributed by atoms with Crippen LogP contribution < -0.4 is 0 Å². The zero-order valence-corrected chi connectivity index (χ0v) is 8.80. The third-order valence-electron chi connectivity index (χ3n) is 2.19. The van der Waals surface area contributed by atoms with Crippen LogP contribution in [0.3, 0.4) is 0 Å². The van der Waals surface area contributed by atoms with Crippen LogP contribution in [0, 0.1) is 0 Å². The zero-order chi connectivity index (χ0) is 9.78. The number of allylic oxidation sites excluding steroid dienone is 2. The van der Waals surface area contributed by atoms with Crippen LogP contribution in [0.2, 0.25) is 0 Å². The van der Waals surface area contributed by atoms with Crippen molar-refractivity contribution < 1.29 is 4.79 Å². The van der Waals surface area contributed by atoms with Gasteiger partial charge in [-0.1, -0.05) is 51.5 Å². The van der Waals surface area contributed by atoms with Gasteiger partial charge in [-0.25, -0.2) is 0 Å². The molecule has 0 aromatic carbocycles. The zero-order valence-electron chi connectivity index (χ0n) is 8.80. The third kappa shape index (κ3) is 11.4. The Bertz CT molecular complexity index is 127. The first-order chi connectivity index (χ1) is 6.41. The van der Waals surface area contributed by atoms with E-state index in [-0.39, 0.29) is 0 Å². The van der Waals surface area contributed by atoms with Crippen LogP contribution in [-0.2, 0) is 4.79 Å².